The number of rotatable bonds is 6. The van der Waals surface area contributed by atoms with Crippen LogP contribution in [0.3, 0.4) is 0 Å². The van der Waals surface area contributed by atoms with Crippen molar-refractivity contribution >= 4 is 35.1 Å². The van der Waals surface area contributed by atoms with Crippen molar-refractivity contribution in [3.05, 3.63) is 69.7 Å². The van der Waals surface area contributed by atoms with E-state index < -0.39 is 24.2 Å². The molecule has 3 atom stereocenters. The van der Waals surface area contributed by atoms with Gasteiger partial charge in [0.15, 0.2) is 0 Å². The van der Waals surface area contributed by atoms with Crippen LogP contribution < -0.4 is 0 Å². The van der Waals surface area contributed by atoms with Gasteiger partial charge in [0.2, 0.25) is 5.91 Å². The van der Waals surface area contributed by atoms with Crippen LogP contribution in [-0.2, 0) is 19.1 Å². The van der Waals surface area contributed by atoms with Crippen LogP contribution in [0.4, 0.5) is 0 Å². The van der Waals surface area contributed by atoms with E-state index in [-0.39, 0.29) is 12.5 Å². The number of hydrogen-bond acceptors (Lipinski definition) is 4. The maximum atomic E-state index is 13.0. The zero-order chi connectivity index (χ0) is 21.0. The highest BCUT2D eigenvalue weighted by Crippen LogP contribution is 2.42. The molecule has 29 heavy (non-hydrogen) atoms. The van der Waals surface area contributed by atoms with Gasteiger partial charge in [-0.3, -0.25) is 4.79 Å². The second kappa shape index (κ2) is 9.61. The van der Waals surface area contributed by atoms with Gasteiger partial charge in [0.25, 0.3) is 0 Å². The molecule has 0 saturated carbocycles. The molecule has 0 unspecified atom stereocenters. The molecule has 7 heteroatoms. The van der Waals surface area contributed by atoms with E-state index in [2.05, 4.69) is 0 Å². The lowest BCUT2D eigenvalue weighted by Crippen LogP contribution is -2.53. The number of carbonyl (C=O) groups excluding carboxylic acids is 2. The SMILES string of the molecule is CCC[C@@H](C(=O)OC)N1C(=O)CO[C@H](c2ccc(Cl)cc2)[C@@H]1c1ccc(Cl)cc1. The highest BCUT2D eigenvalue weighted by Gasteiger charge is 2.44. The molecule has 0 aromatic heterocycles. The lowest BCUT2D eigenvalue weighted by Gasteiger charge is -2.44. The molecular weight excluding hydrogens is 413 g/mol. The summed E-state index contributed by atoms with van der Waals surface area (Å²) in [5, 5.41) is 1.20. The molecule has 3 rings (SSSR count). The highest BCUT2D eigenvalue weighted by molar-refractivity contribution is 6.30. The quantitative estimate of drug-likeness (QED) is 0.600. The molecule has 1 amide bonds. The Kier molecular flexibility index (Phi) is 7.17. The molecule has 1 fully saturated rings. The first-order valence-corrected chi connectivity index (χ1v) is 10.2. The van der Waals surface area contributed by atoms with Crippen molar-refractivity contribution in [1.29, 1.82) is 0 Å². The standard InChI is InChI=1S/C22H23Cl2NO4/c1-3-4-18(22(27)28-2)25-19(26)13-29-21(15-7-11-17(24)12-8-15)20(25)14-5-9-16(23)10-6-14/h5-12,18,20-21H,3-4,13H2,1-2H3/t18-,20-,21+/m0/s1. The average Bonchev–Trinajstić information content (AvgIpc) is 2.73. The number of halogens is 2. The van der Waals surface area contributed by atoms with Gasteiger partial charge in [-0.1, -0.05) is 60.8 Å². The van der Waals surface area contributed by atoms with Crippen LogP contribution >= 0.6 is 23.2 Å². The molecule has 2 aromatic rings. The molecule has 0 radical (unpaired) electrons. The number of morpholine rings is 1. The summed E-state index contributed by atoms with van der Waals surface area (Å²) in [4.78, 5) is 27.1. The Balaban J connectivity index is 2.11. The zero-order valence-electron chi connectivity index (χ0n) is 16.3. The van der Waals surface area contributed by atoms with Crippen molar-refractivity contribution in [2.24, 2.45) is 0 Å². The molecule has 1 saturated heterocycles. The number of nitrogens with zero attached hydrogens (tertiary/aromatic N) is 1. The van der Waals surface area contributed by atoms with E-state index in [1.165, 1.54) is 7.11 Å². The first kappa shape index (κ1) is 21.6. The van der Waals surface area contributed by atoms with Gasteiger partial charge < -0.3 is 14.4 Å². The number of ether oxygens (including phenoxy) is 2. The van der Waals surface area contributed by atoms with Crippen LogP contribution in [0.5, 0.6) is 0 Å². The molecule has 0 aliphatic carbocycles. The predicted molar refractivity (Wildman–Crippen MR) is 112 cm³/mol. The van der Waals surface area contributed by atoms with Crippen LogP contribution in [0, 0.1) is 0 Å². The van der Waals surface area contributed by atoms with E-state index in [0.29, 0.717) is 16.5 Å². The fraction of sp³-hybridized carbons (Fsp3) is 0.364. The average molecular weight is 436 g/mol. The molecule has 0 bridgehead atoms. The van der Waals surface area contributed by atoms with E-state index in [9.17, 15) is 9.59 Å². The minimum absolute atomic E-state index is 0.116. The van der Waals surface area contributed by atoms with Crippen LogP contribution in [0.2, 0.25) is 10.0 Å². The second-order valence-corrected chi connectivity index (χ2v) is 7.78. The number of amides is 1. The van der Waals surface area contributed by atoms with Crippen LogP contribution in [0.25, 0.3) is 0 Å². The van der Waals surface area contributed by atoms with Crippen molar-refractivity contribution < 1.29 is 19.1 Å². The summed E-state index contributed by atoms with van der Waals surface area (Å²) in [5.41, 5.74) is 1.69. The number of benzene rings is 2. The highest BCUT2D eigenvalue weighted by atomic mass is 35.5. The summed E-state index contributed by atoms with van der Waals surface area (Å²) in [5.74, 6) is -0.685. The molecule has 5 nitrogen and oxygen atoms in total. The maximum Gasteiger partial charge on any atom is 0.328 e. The molecule has 0 N–H and O–H groups in total. The molecule has 1 aliphatic heterocycles. The largest absolute Gasteiger partial charge is 0.467 e. The number of esters is 1. The van der Waals surface area contributed by atoms with Crippen molar-refractivity contribution in [2.45, 2.75) is 38.0 Å². The summed E-state index contributed by atoms with van der Waals surface area (Å²) in [6, 6.07) is 13.3. The molecule has 2 aromatic carbocycles. The first-order valence-electron chi connectivity index (χ1n) is 9.47. The maximum absolute atomic E-state index is 13.0. The third-order valence-electron chi connectivity index (χ3n) is 5.04. The Bertz CT molecular complexity index is 854. The molecule has 154 valence electrons. The smallest absolute Gasteiger partial charge is 0.328 e. The molecule has 0 spiro atoms. The third kappa shape index (κ3) is 4.74. The fourth-order valence-corrected chi connectivity index (χ4v) is 3.95. The third-order valence-corrected chi connectivity index (χ3v) is 5.55. The Morgan fingerprint density at radius 3 is 2.17 bits per heavy atom. The Labute approximate surface area is 180 Å². The van der Waals surface area contributed by atoms with E-state index in [0.717, 1.165) is 17.5 Å². The monoisotopic (exact) mass is 435 g/mol. The molecule has 1 aliphatic rings. The Morgan fingerprint density at radius 1 is 1.10 bits per heavy atom. The van der Waals surface area contributed by atoms with Crippen molar-refractivity contribution in [1.82, 2.24) is 4.90 Å². The number of hydrogen-bond donors (Lipinski definition) is 0. The van der Waals surface area contributed by atoms with Gasteiger partial charge in [0.1, 0.15) is 18.8 Å². The fourth-order valence-electron chi connectivity index (χ4n) is 3.70. The minimum atomic E-state index is -0.697. The van der Waals surface area contributed by atoms with Gasteiger partial charge in [-0.2, -0.15) is 0 Å². The summed E-state index contributed by atoms with van der Waals surface area (Å²) >= 11 is 12.1. The van der Waals surface area contributed by atoms with Crippen molar-refractivity contribution in [3.63, 3.8) is 0 Å². The van der Waals surface area contributed by atoms with Crippen LogP contribution in [0.15, 0.2) is 48.5 Å². The summed E-state index contributed by atoms with van der Waals surface area (Å²) < 4.78 is 11.0. The van der Waals surface area contributed by atoms with Gasteiger partial charge in [-0.05, 0) is 41.8 Å². The Hall–Kier alpha value is -2.08. The van der Waals surface area contributed by atoms with Gasteiger partial charge >= 0.3 is 5.97 Å². The lowest BCUT2D eigenvalue weighted by atomic mass is 9.90. The van der Waals surface area contributed by atoms with Gasteiger partial charge in [0.05, 0.1) is 13.2 Å². The number of methoxy groups -OCH3 is 1. The first-order chi connectivity index (χ1) is 14.0. The van der Waals surface area contributed by atoms with E-state index >= 15 is 0 Å². The second-order valence-electron chi connectivity index (χ2n) is 6.91. The summed E-state index contributed by atoms with van der Waals surface area (Å²) in [6.07, 6.45) is 0.759. The summed E-state index contributed by atoms with van der Waals surface area (Å²) in [6.45, 7) is 1.85. The van der Waals surface area contributed by atoms with Gasteiger partial charge in [-0.15, -0.1) is 0 Å². The van der Waals surface area contributed by atoms with Crippen molar-refractivity contribution in [2.75, 3.05) is 13.7 Å². The summed E-state index contributed by atoms with van der Waals surface area (Å²) in [7, 11) is 1.34. The van der Waals surface area contributed by atoms with Crippen molar-refractivity contribution in [3.8, 4) is 0 Å². The van der Waals surface area contributed by atoms with E-state index in [1.54, 1.807) is 29.2 Å². The topological polar surface area (TPSA) is 55.8 Å². The van der Waals surface area contributed by atoms with E-state index in [4.69, 9.17) is 32.7 Å². The Morgan fingerprint density at radius 2 is 1.66 bits per heavy atom. The molecule has 1 heterocycles. The van der Waals surface area contributed by atoms with Crippen LogP contribution in [-0.4, -0.2) is 36.5 Å². The molecular formula is C22H23Cl2NO4. The van der Waals surface area contributed by atoms with Gasteiger partial charge in [-0.25, -0.2) is 4.79 Å². The lowest BCUT2D eigenvalue weighted by molar-refractivity contribution is -0.173. The van der Waals surface area contributed by atoms with Crippen LogP contribution in [0.1, 0.15) is 43.0 Å². The predicted octanol–water partition coefficient (Wildman–Crippen LogP) is 4.98. The zero-order valence-corrected chi connectivity index (χ0v) is 17.8. The van der Waals surface area contributed by atoms with E-state index in [1.807, 2.05) is 31.2 Å². The van der Waals surface area contributed by atoms with Gasteiger partial charge in [0, 0.05) is 10.0 Å². The normalized spacial score (nSPS) is 20.4. The minimum Gasteiger partial charge on any atom is -0.467 e. The number of carbonyl (C=O) groups is 2.